The van der Waals surface area contributed by atoms with E-state index in [1.54, 1.807) is 36.5 Å². The summed E-state index contributed by atoms with van der Waals surface area (Å²) in [6.07, 6.45) is -2.89. The highest BCUT2D eigenvalue weighted by Gasteiger charge is 2.31. The number of carbonyl (C=O) groups is 1. The number of morpholine rings is 1. The molecule has 3 N–H and O–H groups in total. The highest BCUT2D eigenvalue weighted by Crippen LogP contribution is 2.34. The van der Waals surface area contributed by atoms with Crippen molar-refractivity contribution < 1.29 is 22.7 Å². The number of alkyl halides is 3. The number of rotatable bonds is 6. The number of hydrogen-bond donors (Lipinski definition) is 2. The molecular weight excluding hydrogens is 447 g/mol. The average molecular weight is 471 g/mol. The molecule has 4 rings (SSSR count). The zero-order chi connectivity index (χ0) is 24.1. The van der Waals surface area contributed by atoms with E-state index < -0.39 is 11.7 Å². The second-order valence-corrected chi connectivity index (χ2v) is 7.79. The van der Waals surface area contributed by atoms with E-state index in [9.17, 15) is 18.0 Å². The van der Waals surface area contributed by atoms with Crippen LogP contribution in [0.15, 0.2) is 54.7 Å². The Kier molecular flexibility index (Phi) is 7.09. The van der Waals surface area contributed by atoms with Crippen LogP contribution >= 0.6 is 0 Å². The van der Waals surface area contributed by atoms with Crippen molar-refractivity contribution in [2.45, 2.75) is 19.3 Å². The van der Waals surface area contributed by atoms with Gasteiger partial charge in [-0.2, -0.15) is 13.2 Å². The zero-order valence-electron chi connectivity index (χ0n) is 18.3. The molecule has 3 aromatic rings. The number of aromatic nitrogens is 2. The summed E-state index contributed by atoms with van der Waals surface area (Å²) >= 11 is 0. The maximum atomic E-state index is 13.1. The third kappa shape index (κ3) is 5.52. The van der Waals surface area contributed by atoms with Gasteiger partial charge in [0.25, 0.3) is 5.91 Å². The molecule has 1 saturated heterocycles. The van der Waals surface area contributed by atoms with Crippen LogP contribution in [-0.4, -0.2) is 42.2 Å². The molecule has 1 fully saturated rings. The van der Waals surface area contributed by atoms with Gasteiger partial charge in [0.15, 0.2) is 0 Å². The Hall–Kier alpha value is -3.50. The van der Waals surface area contributed by atoms with E-state index in [2.05, 4.69) is 15.3 Å². The molecule has 0 radical (unpaired) electrons. The van der Waals surface area contributed by atoms with Gasteiger partial charge >= 0.3 is 6.18 Å². The van der Waals surface area contributed by atoms with E-state index >= 15 is 0 Å². The summed E-state index contributed by atoms with van der Waals surface area (Å²) in [5.74, 6) is 0.140. The number of halogens is 3. The molecule has 1 aromatic heterocycles. The molecule has 0 atom stereocenters. The molecule has 1 amide bonds. The number of nitrogens with zero attached hydrogens (tertiary/aromatic N) is 3. The van der Waals surface area contributed by atoms with E-state index in [0.29, 0.717) is 48.9 Å². The van der Waals surface area contributed by atoms with Crippen LogP contribution in [0, 0.1) is 0 Å². The van der Waals surface area contributed by atoms with Gasteiger partial charge in [-0.1, -0.05) is 30.3 Å². The van der Waals surface area contributed by atoms with Crippen LogP contribution < -0.4 is 16.0 Å². The van der Waals surface area contributed by atoms with Crippen LogP contribution in [0.4, 0.5) is 19.1 Å². The van der Waals surface area contributed by atoms with Crippen LogP contribution in [0.1, 0.15) is 27.2 Å². The number of amides is 1. The third-order valence-electron chi connectivity index (χ3n) is 5.54. The van der Waals surface area contributed by atoms with E-state index in [1.165, 1.54) is 6.07 Å². The van der Waals surface area contributed by atoms with Crippen molar-refractivity contribution in [1.82, 2.24) is 15.3 Å². The number of benzene rings is 2. The molecule has 2 heterocycles. The van der Waals surface area contributed by atoms with Crippen molar-refractivity contribution in [3.05, 3.63) is 77.1 Å². The minimum absolute atomic E-state index is 0.122. The Morgan fingerprint density at radius 3 is 2.50 bits per heavy atom. The maximum Gasteiger partial charge on any atom is 0.416 e. The Labute approximate surface area is 194 Å². The Morgan fingerprint density at radius 2 is 1.82 bits per heavy atom. The van der Waals surface area contributed by atoms with Gasteiger partial charge in [-0.15, -0.1) is 0 Å². The fourth-order valence-electron chi connectivity index (χ4n) is 3.67. The molecule has 10 heteroatoms. The smallest absolute Gasteiger partial charge is 0.378 e. The number of nitrogens with one attached hydrogen (secondary N) is 1. The molecule has 34 heavy (non-hydrogen) atoms. The Morgan fingerprint density at radius 1 is 1.09 bits per heavy atom. The number of ether oxygens (including phenoxy) is 1. The van der Waals surface area contributed by atoms with E-state index in [0.717, 1.165) is 17.7 Å². The van der Waals surface area contributed by atoms with Crippen LogP contribution in [0.5, 0.6) is 0 Å². The van der Waals surface area contributed by atoms with Crippen LogP contribution in [0.3, 0.4) is 0 Å². The minimum atomic E-state index is -4.44. The van der Waals surface area contributed by atoms with Gasteiger partial charge in [0.2, 0.25) is 5.95 Å². The van der Waals surface area contributed by atoms with Crippen molar-refractivity contribution in [2.24, 2.45) is 5.73 Å². The molecule has 0 saturated carbocycles. The molecule has 1 aliphatic rings. The van der Waals surface area contributed by atoms with Crippen molar-refractivity contribution in [3.8, 4) is 11.1 Å². The minimum Gasteiger partial charge on any atom is -0.378 e. The van der Waals surface area contributed by atoms with Crippen molar-refractivity contribution in [1.29, 1.82) is 0 Å². The largest absolute Gasteiger partial charge is 0.416 e. The lowest BCUT2D eigenvalue weighted by Crippen LogP contribution is -2.37. The summed E-state index contributed by atoms with van der Waals surface area (Å²) in [5, 5.41) is 2.82. The Balaban J connectivity index is 1.43. The van der Waals surface area contributed by atoms with Gasteiger partial charge in [-0.05, 0) is 40.5 Å². The highest BCUT2D eigenvalue weighted by atomic mass is 19.4. The van der Waals surface area contributed by atoms with Gasteiger partial charge < -0.3 is 20.7 Å². The standard InChI is InChI=1S/C24H24F3N5O2/c25-24(26,27)19-6-5-18(14-28)20(13-19)17-3-1-16(2-4-17)15-30-22(33)21-7-8-29-23(31-21)32-9-11-34-12-10-32/h1-8,13H,9-12,14-15,28H2,(H,30,33). The van der Waals surface area contributed by atoms with E-state index in [4.69, 9.17) is 10.5 Å². The fraction of sp³-hybridized carbons (Fsp3) is 0.292. The molecular formula is C24H24F3N5O2. The molecule has 1 aliphatic heterocycles. The van der Waals surface area contributed by atoms with Gasteiger partial charge in [-0.3, -0.25) is 4.79 Å². The number of nitrogens with two attached hydrogens (primary N) is 1. The molecule has 0 aliphatic carbocycles. The predicted molar refractivity (Wildman–Crippen MR) is 121 cm³/mol. The number of anilines is 1. The van der Waals surface area contributed by atoms with Gasteiger partial charge in [0.05, 0.1) is 18.8 Å². The average Bonchev–Trinajstić information content (AvgIpc) is 2.87. The quantitative estimate of drug-likeness (QED) is 0.573. The van der Waals surface area contributed by atoms with Crippen molar-refractivity contribution in [3.63, 3.8) is 0 Å². The van der Waals surface area contributed by atoms with Gasteiger partial charge in [0, 0.05) is 32.4 Å². The van der Waals surface area contributed by atoms with Crippen molar-refractivity contribution in [2.75, 3.05) is 31.2 Å². The van der Waals surface area contributed by atoms with E-state index in [1.807, 2.05) is 4.90 Å². The summed E-state index contributed by atoms with van der Waals surface area (Å²) in [6, 6.07) is 12.1. The lowest BCUT2D eigenvalue weighted by molar-refractivity contribution is -0.137. The molecule has 7 nitrogen and oxygen atoms in total. The van der Waals surface area contributed by atoms with Gasteiger partial charge in [0.1, 0.15) is 5.69 Å². The molecule has 0 bridgehead atoms. The van der Waals surface area contributed by atoms with Crippen LogP contribution in [-0.2, 0) is 24.0 Å². The Bertz CT molecular complexity index is 1150. The molecule has 0 spiro atoms. The predicted octanol–water partition coefficient (Wildman–Crippen LogP) is 3.39. The third-order valence-corrected chi connectivity index (χ3v) is 5.54. The summed E-state index contributed by atoms with van der Waals surface area (Å²) < 4.78 is 44.7. The first-order chi connectivity index (χ1) is 16.3. The topological polar surface area (TPSA) is 93.4 Å². The number of carbonyl (C=O) groups excluding carboxylic acids is 1. The first-order valence-corrected chi connectivity index (χ1v) is 10.8. The maximum absolute atomic E-state index is 13.1. The fourth-order valence-corrected chi connectivity index (χ4v) is 3.67. The summed E-state index contributed by atoms with van der Waals surface area (Å²) in [5.41, 5.74) is 7.72. The molecule has 178 valence electrons. The summed E-state index contributed by atoms with van der Waals surface area (Å²) in [4.78, 5) is 23.1. The SMILES string of the molecule is NCc1ccc(C(F)(F)F)cc1-c1ccc(CNC(=O)c2ccnc(N3CCOCC3)n2)cc1. The lowest BCUT2D eigenvalue weighted by Gasteiger charge is -2.26. The first kappa shape index (κ1) is 23.7. The zero-order valence-corrected chi connectivity index (χ0v) is 18.3. The summed E-state index contributed by atoms with van der Waals surface area (Å²) in [6.45, 7) is 2.86. The highest BCUT2D eigenvalue weighted by molar-refractivity contribution is 5.92. The van der Waals surface area contributed by atoms with Gasteiger partial charge in [-0.25, -0.2) is 9.97 Å². The van der Waals surface area contributed by atoms with Crippen LogP contribution in [0.2, 0.25) is 0 Å². The lowest BCUT2D eigenvalue weighted by atomic mass is 9.96. The monoisotopic (exact) mass is 471 g/mol. The molecule has 0 unspecified atom stereocenters. The van der Waals surface area contributed by atoms with Crippen molar-refractivity contribution >= 4 is 11.9 Å². The first-order valence-electron chi connectivity index (χ1n) is 10.8. The van der Waals surface area contributed by atoms with E-state index in [-0.39, 0.29) is 24.7 Å². The number of hydrogen-bond acceptors (Lipinski definition) is 6. The summed E-state index contributed by atoms with van der Waals surface area (Å²) in [7, 11) is 0. The normalized spacial score (nSPS) is 14.2. The molecule has 2 aromatic carbocycles. The van der Waals surface area contributed by atoms with Crippen LogP contribution in [0.25, 0.3) is 11.1 Å². The second-order valence-electron chi connectivity index (χ2n) is 7.79. The second kappa shape index (κ2) is 10.2.